The molecule has 0 radical (unpaired) electrons. The average Bonchev–Trinajstić information content (AvgIpc) is 2.46. The molecule has 0 aliphatic heterocycles. The molecule has 0 saturated carbocycles. The highest BCUT2D eigenvalue weighted by molar-refractivity contribution is 7.16. The smallest absolute Gasteiger partial charge is 0.303 e. The number of hydrogen-bond donors (Lipinski definition) is 1. The Morgan fingerprint density at radius 1 is 1.62 bits per heavy atom. The number of thiophene rings is 1. The van der Waals surface area contributed by atoms with Crippen molar-refractivity contribution >= 4 is 28.9 Å². The second kappa shape index (κ2) is 5.10. The zero-order valence-corrected chi connectivity index (χ0v) is 10.2. The van der Waals surface area contributed by atoms with Crippen LogP contribution in [0.25, 0.3) is 0 Å². The van der Waals surface area contributed by atoms with Gasteiger partial charge in [0, 0.05) is 12.8 Å². The maximum atomic E-state index is 13.6. The first-order valence-corrected chi connectivity index (χ1v) is 5.88. The fraction of sp³-hybridized carbons (Fsp3) is 0.500. The van der Waals surface area contributed by atoms with E-state index in [4.69, 9.17) is 16.7 Å². The number of halogens is 3. The molecule has 0 unspecified atom stereocenters. The predicted octanol–water partition coefficient (Wildman–Crippen LogP) is 4.06. The molecule has 0 amide bonds. The number of aryl methyl sites for hydroxylation is 1. The summed E-state index contributed by atoms with van der Waals surface area (Å²) in [7, 11) is 0. The number of rotatable bonds is 5. The summed E-state index contributed by atoms with van der Waals surface area (Å²) in [5, 5.41) is 8.37. The van der Waals surface area contributed by atoms with Crippen LogP contribution >= 0.6 is 22.9 Å². The second-order valence-electron chi connectivity index (χ2n) is 3.52. The van der Waals surface area contributed by atoms with E-state index in [0.29, 0.717) is 9.90 Å². The first-order valence-electron chi connectivity index (χ1n) is 4.69. The Kier molecular flexibility index (Phi) is 4.27. The SMILES string of the molecule is Cc1cc(C(F)(F)CCCC(=O)O)sc1Cl. The minimum absolute atomic E-state index is 0.0447. The lowest BCUT2D eigenvalue weighted by Gasteiger charge is -2.13. The van der Waals surface area contributed by atoms with Crippen molar-refractivity contribution in [3.8, 4) is 0 Å². The first kappa shape index (κ1) is 13.4. The summed E-state index contributed by atoms with van der Waals surface area (Å²) >= 11 is 6.56. The zero-order valence-electron chi connectivity index (χ0n) is 8.60. The van der Waals surface area contributed by atoms with Gasteiger partial charge in [-0.2, -0.15) is 0 Å². The van der Waals surface area contributed by atoms with Crippen LogP contribution in [0.2, 0.25) is 4.34 Å². The molecule has 0 spiro atoms. The molecule has 1 heterocycles. The molecule has 0 fully saturated rings. The van der Waals surface area contributed by atoms with E-state index in [2.05, 4.69) is 0 Å². The van der Waals surface area contributed by atoms with Crippen molar-refractivity contribution in [1.82, 2.24) is 0 Å². The molecule has 6 heteroatoms. The lowest BCUT2D eigenvalue weighted by molar-refractivity contribution is -0.137. The number of carboxylic acids is 1. The van der Waals surface area contributed by atoms with E-state index in [1.807, 2.05) is 0 Å². The van der Waals surface area contributed by atoms with Gasteiger partial charge in [0.15, 0.2) is 0 Å². The predicted molar refractivity (Wildman–Crippen MR) is 59.4 cm³/mol. The van der Waals surface area contributed by atoms with Gasteiger partial charge >= 0.3 is 5.97 Å². The Hall–Kier alpha value is -0.680. The van der Waals surface area contributed by atoms with Crippen LogP contribution in [0.1, 0.15) is 29.7 Å². The van der Waals surface area contributed by atoms with Crippen molar-refractivity contribution < 1.29 is 18.7 Å². The van der Waals surface area contributed by atoms with E-state index in [1.54, 1.807) is 6.92 Å². The highest BCUT2D eigenvalue weighted by Crippen LogP contribution is 2.40. The molecule has 0 aliphatic carbocycles. The van der Waals surface area contributed by atoms with Gasteiger partial charge in [-0.25, -0.2) is 8.78 Å². The maximum Gasteiger partial charge on any atom is 0.303 e. The molecule has 2 nitrogen and oxygen atoms in total. The molecule has 0 saturated heterocycles. The Morgan fingerprint density at radius 3 is 2.69 bits per heavy atom. The molecule has 0 aromatic carbocycles. The summed E-state index contributed by atoms with van der Waals surface area (Å²) in [6.45, 7) is 1.66. The van der Waals surface area contributed by atoms with Gasteiger partial charge in [-0.1, -0.05) is 11.6 Å². The number of carbonyl (C=O) groups is 1. The molecule has 90 valence electrons. The summed E-state index contributed by atoms with van der Waals surface area (Å²) in [6.07, 6.45) is -0.750. The van der Waals surface area contributed by atoms with Crippen LogP contribution in [0.3, 0.4) is 0 Å². The van der Waals surface area contributed by atoms with Crippen molar-refractivity contribution in [2.45, 2.75) is 32.1 Å². The van der Waals surface area contributed by atoms with E-state index in [9.17, 15) is 13.6 Å². The van der Waals surface area contributed by atoms with Gasteiger partial charge < -0.3 is 5.11 Å². The molecule has 0 aliphatic rings. The van der Waals surface area contributed by atoms with Crippen LogP contribution in [-0.4, -0.2) is 11.1 Å². The standard InChI is InChI=1S/C10H11ClF2O2S/c1-6-5-7(16-9(6)11)10(12,13)4-2-3-8(14)15/h5H,2-4H2,1H3,(H,14,15). The summed E-state index contributed by atoms with van der Waals surface area (Å²) in [5.74, 6) is -4.05. The van der Waals surface area contributed by atoms with Gasteiger partial charge in [0.1, 0.15) is 0 Å². The Morgan fingerprint density at radius 2 is 2.25 bits per heavy atom. The van der Waals surface area contributed by atoms with Crippen LogP contribution in [-0.2, 0) is 10.7 Å². The monoisotopic (exact) mass is 268 g/mol. The van der Waals surface area contributed by atoms with Gasteiger partial charge in [0.25, 0.3) is 5.92 Å². The average molecular weight is 269 g/mol. The third-order valence-corrected chi connectivity index (χ3v) is 3.77. The van der Waals surface area contributed by atoms with Gasteiger partial charge in [0.2, 0.25) is 0 Å². The molecule has 1 N–H and O–H groups in total. The minimum Gasteiger partial charge on any atom is -0.481 e. The molecule has 1 aromatic rings. The van der Waals surface area contributed by atoms with Crippen LogP contribution < -0.4 is 0 Å². The number of aliphatic carboxylic acids is 1. The third kappa shape index (κ3) is 3.42. The van der Waals surface area contributed by atoms with Crippen molar-refractivity contribution in [2.75, 3.05) is 0 Å². The number of hydrogen-bond acceptors (Lipinski definition) is 2. The van der Waals surface area contributed by atoms with Gasteiger partial charge in [-0.05, 0) is 25.0 Å². The molecule has 1 aromatic heterocycles. The normalized spacial score (nSPS) is 11.8. The number of alkyl halides is 2. The summed E-state index contributed by atoms with van der Waals surface area (Å²) in [6, 6.07) is 1.35. The Balaban J connectivity index is 2.66. The lowest BCUT2D eigenvalue weighted by Crippen LogP contribution is -2.12. The van der Waals surface area contributed by atoms with Crippen LogP contribution in [0.15, 0.2) is 6.07 Å². The maximum absolute atomic E-state index is 13.6. The second-order valence-corrected chi connectivity index (χ2v) is 5.17. The molecular formula is C10H11ClF2O2S. The largest absolute Gasteiger partial charge is 0.481 e. The highest BCUT2D eigenvalue weighted by atomic mass is 35.5. The summed E-state index contributed by atoms with van der Waals surface area (Å²) < 4.78 is 27.5. The van der Waals surface area contributed by atoms with Crippen molar-refractivity contribution in [3.63, 3.8) is 0 Å². The van der Waals surface area contributed by atoms with E-state index in [1.165, 1.54) is 6.07 Å². The fourth-order valence-corrected chi connectivity index (χ4v) is 2.43. The van der Waals surface area contributed by atoms with E-state index >= 15 is 0 Å². The lowest BCUT2D eigenvalue weighted by atomic mass is 10.1. The Bertz CT molecular complexity index is 371. The van der Waals surface area contributed by atoms with E-state index in [0.717, 1.165) is 11.3 Å². The molecule has 16 heavy (non-hydrogen) atoms. The Labute approximate surface area is 101 Å². The van der Waals surface area contributed by atoms with Crippen LogP contribution in [0.4, 0.5) is 8.78 Å². The van der Waals surface area contributed by atoms with E-state index in [-0.39, 0.29) is 17.7 Å². The quantitative estimate of drug-likeness (QED) is 0.874. The van der Waals surface area contributed by atoms with Crippen molar-refractivity contribution in [3.05, 3.63) is 20.8 Å². The van der Waals surface area contributed by atoms with Gasteiger partial charge in [0.05, 0.1) is 9.21 Å². The van der Waals surface area contributed by atoms with Crippen LogP contribution in [0, 0.1) is 6.92 Å². The molecule has 0 bridgehead atoms. The van der Waals surface area contributed by atoms with Crippen molar-refractivity contribution in [2.24, 2.45) is 0 Å². The van der Waals surface area contributed by atoms with E-state index < -0.39 is 18.3 Å². The third-order valence-electron chi connectivity index (χ3n) is 2.10. The van der Waals surface area contributed by atoms with Gasteiger partial charge in [-0.15, -0.1) is 11.3 Å². The summed E-state index contributed by atoms with van der Waals surface area (Å²) in [5.41, 5.74) is 0.625. The number of carboxylic acid groups (broad SMARTS) is 1. The molecule has 1 rings (SSSR count). The molecular weight excluding hydrogens is 258 g/mol. The first-order chi connectivity index (χ1) is 7.33. The topological polar surface area (TPSA) is 37.3 Å². The van der Waals surface area contributed by atoms with Crippen molar-refractivity contribution in [1.29, 1.82) is 0 Å². The van der Waals surface area contributed by atoms with Gasteiger partial charge in [-0.3, -0.25) is 4.79 Å². The molecule has 0 atom stereocenters. The zero-order chi connectivity index (χ0) is 12.3. The van der Waals surface area contributed by atoms with Crippen LogP contribution in [0.5, 0.6) is 0 Å². The summed E-state index contributed by atoms with van der Waals surface area (Å²) in [4.78, 5) is 10.1. The fourth-order valence-electron chi connectivity index (χ4n) is 1.22. The minimum atomic E-state index is -2.99. The highest BCUT2D eigenvalue weighted by Gasteiger charge is 2.33.